The van der Waals surface area contributed by atoms with Crippen molar-refractivity contribution in [3.8, 4) is 5.75 Å². The summed E-state index contributed by atoms with van der Waals surface area (Å²) in [5.41, 5.74) is 1.33. The quantitative estimate of drug-likeness (QED) is 0.511. The number of guanidine groups is 1. The molecule has 0 saturated carbocycles. The van der Waals surface area contributed by atoms with Crippen molar-refractivity contribution in [1.29, 1.82) is 0 Å². The minimum Gasteiger partial charge on any atom is -0.497 e. The molecule has 2 unspecified atom stereocenters. The van der Waals surface area contributed by atoms with Crippen LogP contribution in [0.4, 0.5) is 0 Å². The lowest BCUT2D eigenvalue weighted by Crippen LogP contribution is -2.40. The molecule has 2 rings (SSSR count). The fourth-order valence-corrected chi connectivity index (χ4v) is 3.21. The van der Waals surface area contributed by atoms with Crippen molar-refractivity contribution in [2.45, 2.75) is 39.2 Å². The minimum atomic E-state index is -0.572. The highest BCUT2D eigenvalue weighted by molar-refractivity contribution is 5.80. The Labute approximate surface area is 163 Å². The maximum Gasteiger partial charge on any atom is 0.194 e. The van der Waals surface area contributed by atoms with E-state index in [0.717, 1.165) is 37.8 Å². The molecule has 0 amide bonds. The second kappa shape index (κ2) is 11.1. The summed E-state index contributed by atoms with van der Waals surface area (Å²) in [7, 11) is 1.69. The summed E-state index contributed by atoms with van der Waals surface area (Å²) in [6.45, 7) is 10.3. The number of hydrogen-bond acceptors (Lipinski definition) is 4. The second-order valence-electron chi connectivity index (χ2n) is 7.48. The molecule has 1 aromatic rings. The number of benzene rings is 1. The Kier molecular flexibility index (Phi) is 8.88. The van der Waals surface area contributed by atoms with Crippen LogP contribution in [-0.2, 0) is 4.74 Å². The van der Waals surface area contributed by atoms with Crippen LogP contribution in [0.2, 0.25) is 0 Å². The molecule has 6 heteroatoms. The van der Waals surface area contributed by atoms with Crippen LogP contribution in [-0.4, -0.2) is 68.6 Å². The van der Waals surface area contributed by atoms with E-state index < -0.39 is 6.10 Å². The zero-order valence-electron chi connectivity index (χ0n) is 17.1. The zero-order chi connectivity index (χ0) is 19.6. The van der Waals surface area contributed by atoms with E-state index in [0.29, 0.717) is 31.6 Å². The first-order chi connectivity index (χ1) is 13.0. The smallest absolute Gasteiger partial charge is 0.194 e. The summed E-state index contributed by atoms with van der Waals surface area (Å²) >= 11 is 0. The maximum atomic E-state index is 10.1. The molecule has 1 heterocycles. The van der Waals surface area contributed by atoms with E-state index in [1.54, 1.807) is 7.11 Å². The first-order valence-electron chi connectivity index (χ1n) is 9.96. The number of aliphatic hydroxyl groups is 1. The second-order valence-corrected chi connectivity index (χ2v) is 7.48. The van der Waals surface area contributed by atoms with Gasteiger partial charge in [0.2, 0.25) is 0 Å². The van der Waals surface area contributed by atoms with E-state index in [1.807, 2.05) is 12.1 Å². The van der Waals surface area contributed by atoms with Gasteiger partial charge in [0, 0.05) is 32.2 Å². The molecule has 0 aromatic heterocycles. The highest BCUT2D eigenvalue weighted by Gasteiger charge is 2.26. The van der Waals surface area contributed by atoms with Gasteiger partial charge in [-0.2, -0.15) is 0 Å². The number of likely N-dealkylation sites (tertiary alicyclic amines) is 1. The van der Waals surface area contributed by atoms with E-state index in [-0.39, 0.29) is 0 Å². The van der Waals surface area contributed by atoms with Crippen molar-refractivity contribution >= 4 is 5.96 Å². The van der Waals surface area contributed by atoms with Gasteiger partial charge in [0.15, 0.2) is 5.96 Å². The van der Waals surface area contributed by atoms with Gasteiger partial charge in [0.1, 0.15) is 5.75 Å². The molecule has 1 aromatic carbocycles. The molecule has 2 atom stereocenters. The van der Waals surface area contributed by atoms with Crippen molar-refractivity contribution in [2.75, 3.05) is 46.5 Å². The number of rotatable bonds is 9. The molecular formula is C21H35N3O3. The predicted octanol–water partition coefficient (Wildman–Crippen LogP) is 2.48. The van der Waals surface area contributed by atoms with Crippen LogP contribution in [0, 0.1) is 5.92 Å². The molecule has 1 aliphatic rings. The van der Waals surface area contributed by atoms with Gasteiger partial charge in [0.25, 0.3) is 0 Å². The number of aliphatic hydroxyl groups excluding tert-OH is 1. The van der Waals surface area contributed by atoms with Gasteiger partial charge in [-0.3, -0.25) is 4.99 Å². The van der Waals surface area contributed by atoms with Crippen molar-refractivity contribution in [3.63, 3.8) is 0 Å². The number of nitrogens with zero attached hydrogens (tertiary/aromatic N) is 2. The minimum absolute atomic E-state index is 0.329. The van der Waals surface area contributed by atoms with Crippen LogP contribution in [0.1, 0.15) is 38.7 Å². The van der Waals surface area contributed by atoms with Gasteiger partial charge >= 0.3 is 0 Å². The largest absolute Gasteiger partial charge is 0.497 e. The Morgan fingerprint density at radius 1 is 1.30 bits per heavy atom. The Hall–Kier alpha value is -1.79. The lowest BCUT2D eigenvalue weighted by molar-refractivity contribution is 0.0300. The van der Waals surface area contributed by atoms with Crippen molar-refractivity contribution in [2.24, 2.45) is 10.9 Å². The van der Waals surface area contributed by atoms with Crippen LogP contribution in [0.5, 0.6) is 5.75 Å². The Bertz CT molecular complexity index is 575. The summed E-state index contributed by atoms with van der Waals surface area (Å²) in [6, 6.07) is 8.33. The van der Waals surface area contributed by atoms with E-state index in [4.69, 9.17) is 9.47 Å². The number of ether oxygens (including phenoxy) is 2. The molecule has 1 fully saturated rings. The molecule has 0 radical (unpaired) electrons. The third-order valence-electron chi connectivity index (χ3n) is 4.62. The molecule has 27 heavy (non-hydrogen) atoms. The number of aliphatic imine (C=N–C) groups is 1. The SMILES string of the molecule is CCNC(=NCC(O)COCC(C)C)N1CCC(c2ccc(OC)cc2)C1. The standard InChI is InChI=1S/C21H35N3O3/c1-5-22-21(23-12-19(25)15-27-14-16(2)3)24-11-10-18(13-24)17-6-8-20(26-4)9-7-17/h6-9,16,18-19,25H,5,10-15H2,1-4H3,(H,22,23). The summed E-state index contributed by atoms with van der Waals surface area (Å²) < 4.78 is 10.7. The van der Waals surface area contributed by atoms with E-state index in [2.05, 4.69) is 48.1 Å². The van der Waals surface area contributed by atoms with E-state index >= 15 is 0 Å². The van der Waals surface area contributed by atoms with E-state index in [1.165, 1.54) is 5.56 Å². The molecule has 6 nitrogen and oxygen atoms in total. The number of methoxy groups -OCH3 is 1. The molecule has 152 valence electrons. The van der Waals surface area contributed by atoms with Crippen LogP contribution in [0.15, 0.2) is 29.3 Å². The first-order valence-corrected chi connectivity index (χ1v) is 9.96. The van der Waals surface area contributed by atoms with Crippen molar-refractivity contribution in [3.05, 3.63) is 29.8 Å². The third kappa shape index (κ3) is 7.03. The van der Waals surface area contributed by atoms with Crippen molar-refractivity contribution in [1.82, 2.24) is 10.2 Å². The monoisotopic (exact) mass is 377 g/mol. The molecule has 0 spiro atoms. The van der Waals surface area contributed by atoms with Gasteiger partial charge in [-0.15, -0.1) is 0 Å². The maximum absolute atomic E-state index is 10.1. The van der Waals surface area contributed by atoms with E-state index in [9.17, 15) is 5.11 Å². The Morgan fingerprint density at radius 2 is 2.04 bits per heavy atom. The lowest BCUT2D eigenvalue weighted by Gasteiger charge is -2.22. The molecular weight excluding hydrogens is 342 g/mol. The topological polar surface area (TPSA) is 66.3 Å². The van der Waals surface area contributed by atoms with Gasteiger partial charge in [-0.05, 0) is 37.0 Å². The molecule has 2 N–H and O–H groups in total. The van der Waals surface area contributed by atoms with Gasteiger partial charge in [0.05, 0.1) is 26.4 Å². The lowest BCUT2D eigenvalue weighted by atomic mass is 9.98. The van der Waals surface area contributed by atoms with Gasteiger partial charge < -0.3 is 24.8 Å². The first kappa shape index (κ1) is 21.5. The van der Waals surface area contributed by atoms with Gasteiger partial charge in [-0.25, -0.2) is 0 Å². The number of nitrogens with one attached hydrogen (secondary N) is 1. The summed E-state index contributed by atoms with van der Waals surface area (Å²) in [5.74, 6) is 2.71. The fourth-order valence-electron chi connectivity index (χ4n) is 3.21. The Balaban J connectivity index is 1.89. The average Bonchev–Trinajstić information content (AvgIpc) is 3.15. The van der Waals surface area contributed by atoms with Crippen LogP contribution < -0.4 is 10.1 Å². The molecule has 1 aliphatic heterocycles. The average molecular weight is 378 g/mol. The highest BCUT2D eigenvalue weighted by atomic mass is 16.5. The van der Waals surface area contributed by atoms with Crippen molar-refractivity contribution < 1.29 is 14.6 Å². The van der Waals surface area contributed by atoms with Crippen LogP contribution >= 0.6 is 0 Å². The highest BCUT2D eigenvalue weighted by Crippen LogP contribution is 2.28. The summed E-state index contributed by atoms with van der Waals surface area (Å²) in [4.78, 5) is 6.91. The summed E-state index contributed by atoms with van der Waals surface area (Å²) in [6.07, 6.45) is 0.522. The van der Waals surface area contributed by atoms with Crippen LogP contribution in [0.25, 0.3) is 0 Å². The van der Waals surface area contributed by atoms with Gasteiger partial charge in [-0.1, -0.05) is 26.0 Å². The zero-order valence-corrected chi connectivity index (χ0v) is 17.1. The third-order valence-corrected chi connectivity index (χ3v) is 4.62. The fraction of sp³-hybridized carbons (Fsp3) is 0.667. The number of hydrogen-bond donors (Lipinski definition) is 2. The normalized spacial score (nSPS) is 18.8. The van der Waals surface area contributed by atoms with Crippen LogP contribution in [0.3, 0.4) is 0 Å². The summed E-state index contributed by atoms with van der Waals surface area (Å²) in [5, 5.41) is 13.5. The molecule has 0 bridgehead atoms. The predicted molar refractivity (Wildman–Crippen MR) is 110 cm³/mol. The molecule has 1 saturated heterocycles. The molecule has 0 aliphatic carbocycles. The Morgan fingerprint density at radius 3 is 2.67 bits per heavy atom.